The van der Waals surface area contributed by atoms with Gasteiger partial charge in [-0.25, -0.2) is 9.78 Å². The Morgan fingerprint density at radius 3 is 2.24 bits per heavy atom. The van der Waals surface area contributed by atoms with Crippen LogP contribution in [0.2, 0.25) is 0 Å². The zero-order chi connectivity index (χ0) is 30.2. The van der Waals surface area contributed by atoms with Crippen molar-refractivity contribution < 1.29 is 24.3 Å². The van der Waals surface area contributed by atoms with Crippen molar-refractivity contribution >= 4 is 41.4 Å². The first kappa shape index (κ1) is 33.1. The monoisotopic (exact) mass is 589 g/mol. The van der Waals surface area contributed by atoms with Crippen LogP contribution in [0.1, 0.15) is 30.5 Å². The molecule has 0 aliphatic rings. The summed E-state index contributed by atoms with van der Waals surface area (Å²) in [5.74, 6) is -2.54. The Labute approximate surface area is 242 Å². The molecule has 0 aliphatic heterocycles. The number of nitrogens with one attached hydrogen (secondary N) is 4. The van der Waals surface area contributed by atoms with Gasteiger partial charge in [0.25, 0.3) is 0 Å². The highest BCUT2D eigenvalue weighted by Gasteiger charge is 2.30. The quantitative estimate of drug-likeness (QED) is 0.0590. The van der Waals surface area contributed by atoms with Gasteiger partial charge in [0, 0.05) is 31.3 Å². The van der Waals surface area contributed by atoms with E-state index in [4.69, 9.17) is 17.2 Å². The van der Waals surface area contributed by atoms with Crippen LogP contribution in [0.25, 0.3) is 0 Å². The molecule has 3 amide bonds. The van der Waals surface area contributed by atoms with E-state index >= 15 is 0 Å². The van der Waals surface area contributed by atoms with Gasteiger partial charge in [-0.2, -0.15) is 11.8 Å². The third-order valence-corrected chi connectivity index (χ3v) is 6.70. The van der Waals surface area contributed by atoms with Crippen molar-refractivity contribution in [3.8, 4) is 0 Å². The Morgan fingerprint density at radius 1 is 0.976 bits per heavy atom. The number of imidazole rings is 1. The minimum absolute atomic E-state index is 0.0166. The number of aromatic nitrogens is 2. The normalized spacial score (nSPS) is 13.7. The number of carboxylic acid groups (broad SMARTS) is 1. The Morgan fingerprint density at radius 2 is 1.63 bits per heavy atom. The summed E-state index contributed by atoms with van der Waals surface area (Å²) < 4.78 is 0. The van der Waals surface area contributed by atoms with E-state index < -0.39 is 47.9 Å². The summed E-state index contributed by atoms with van der Waals surface area (Å²) in [6.45, 7) is 0.311. The molecule has 2 rings (SSSR count). The van der Waals surface area contributed by atoms with Gasteiger partial charge >= 0.3 is 5.97 Å². The Hall–Kier alpha value is -4.11. The van der Waals surface area contributed by atoms with E-state index in [0.29, 0.717) is 30.8 Å². The van der Waals surface area contributed by atoms with Crippen LogP contribution >= 0.6 is 11.8 Å². The fourth-order valence-electron chi connectivity index (χ4n) is 3.85. The van der Waals surface area contributed by atoms with Crippen LogP contribution in [0.5, 0.6) is 0 Å². The number of hydrogen-bond acceptors (Lipinski definition) is 8. The third kappa shape index (κ3) is 12.3. The molecule has 224 valence electrons. The molecule has 15 heteroatoms. The van der Waals surface area contributed by atoms with Crippen LogP contribution in [0, 0.1) is 0 Å². The molecule has 0 bridgehead atoms. The highest BCUT2D eigenvalue weighted by molar-refractivity contribution is 7.98. The molecule has 0 spiro atoms. The summed E-state index contributed by atoms with van der Waals surface area (Å²) in [7, 11) is 0. The minimum Gasteiger partial charge on any atom is -0.480 e. The number of nitrogens with zero attached hydrogens (tertiary/aromatic N) is 2. The molecule has 0 radical (unpaired) electrons. The third-order valence-electron chi connectivity index (χ3n) is 6.06. The number of rotatable bonds is 18. The fraction of sp³-hybridized carbons (Fsp3) is 0.462. The Balaban J connectivity index is 2.13. The van der Waals surface area contributed by atoms with Crippen LogP contribution in [0.4, 0.5) is 0 Å². The molecule has 0 aliphatic carbocycles. The number of nitrogens with two attached hydrogens (primary N) is 3. The number of guanidine groups is 1. The van der Waals surface area contributed by atoms with E-state index in [1.54, 1.807) is 30.3 Å². The van der Waals surface area contributed by atoms with E-state index in [9.17, 15) is 24.3 Å². The first-order chi connectivity index (χ1) is 19.6. The summed E-state index contributed by atoms with van der Waals surface area (Å²) in [6, 6.07) is 4.62. The number of aromatic amines is 1. The van der Waals surface area contributed by atoms with Gasteiger partial charge < -0.3 is 43.2 Å². The number of benzene rings is 1. The van der Waals surface area contributed by atoms with Gasteiger partial charge in [-0.15, -0.1) is 0 Å². The molecular weight excluding hydrogens is 550 g/mol. The van der Waals surface area contributed by atoms with Crippen molar-refractivity contribution in [1.29, 1.82) is 0 Å². The van der Waals surface area contributed by atoms with Crippen LogP contribution in [-0.2, 0) is 32.0 Å². The minimum atomic E-state index is -1.23. The highest BCUT2D eigenvalue weighted by atomic mass is 32.2. The summed E-state index contributed by atoms with van der Waals surface area (Å²) in [6.07, 6.45) is 5.90. The van der Waals surface area contributed by atoms with Crippen LogP contribution < -0.4 is 33.2 Å². The molecule has 1 aromatic heterocycles. The molecule has 11 N–H and O–H groups in total. The number of hydrogen-bond donors (Lipinski definition) is 8. The van der Waals surface area contributed by atoms with Crippen molar-refractivity contribution in [1.82, 2.24) is 25.9 Å². The van der Waals surface area contributed by atoms with Crippen LogP contribution in [-0.4, -0.2) is 87.4 Å². The smallest absolute Gasteiger partial charge is 0.326 e. The molecule has 1 heterocycles. The maximum atomic E-state index is 13.4. The highest BCUT2D eigenvalue weighted by Crippen LogP contribution is 2.08. The first-order valence-corrected chi connectivity index (χ1v) is 14.4. The predicted octanol–water partition coefficient (Wildman–Crippen LogP) is -1.13. The predicted molar refractivity (Wildman–Crippen MR) is 157 cm³/mol. The molecule has 4 atom stereocenters. The molecule has 2 aromatic rings. The molecule has 41 heavy (non-hydrogen) atoms. The second-order valence-electron chi connectivity index (χ2n) is 9.33. The van der Waals surface area contributed by atoms with Crippen LogP contribution in [0.15, 0.2) is 47.8 Å². The largest absolute Gasteiger partial charge is 0.480 e. The van der Waals surface area contributed by atoms with E-state index in [2.05, 4.69) is 30.9 Å². The number of aliphatic carboxylic acids is 1. The average Bonchev–Trinajstić information content (AvgIpc) is 3.45. The lowest BCUT2D eigenvalue weighted by Gasteiger charge is -2.25. The summed E-state index contributed by atoms with van der Waals surface area (Å²) in [5, 5.41) is 17.6. The summed E-state index contributed by atoms with van der Waals surface area (Å²) in [4.78, 5) is 62.0. The van der Waals surface area contributed by atoms with Crippen molar-refractivity contribution in [2.45, 2.75) is 56.3 Å². The number of aliphatic imine (C=N–C) groups is 1. The van der Waals surface area contributed by atoms with Gasteiger partial charge in [0.05, 0.1) is 12.4 Å². The lowest BCUT2D eigenvalue weighted by Crippen LogP contribution is -2.58. The van der Waals surface area contributed by atoms with Crippen molar-refractivity contribution in [3.05, 3.63) is 54.1 Å². The Kier molecular flexibility index (Phi) is 14.2. The number of thioether (sulfide) groups is 1. The molecule has 0 saturated carbocycles. The van der Waals surface area contributed by atoms with E-state index in [1.807, 2.05) is 6.26 Å². The van der Waals surface area contributed by atoms with E-state index in [-0.39, 0.29) is 25.2 Å². The van der Waals surface area contributed by atoms with Gasteiger partial charge in [-0.1, -0.05) is 30.3 Å². The molecule has 0 saturated heterocycles. The molecule has 1 aromatic carbocycles. The van der Waals surface area contributed by atoms with E-state index in [0.717, 1.165) is 5.56 Å². The number of amides is 3. The van der Waals surface area contributed by atoms with Crippen molar-refractivity contribution in [2.24, 2.45) is 22.2 Å². The number of H-pyrrole nitrogens is 1. The van der Waals surface area contributed by atoms with Gasteiger partial charge in [-0.05, 0) is 36.8 Å². The zero-order valence-corrected chi connectivity index (χ0v) is 23.7. The van der Waals surface area contributed by atoms with Gasteiger partial charge in [0.15, 0.2) is 5.96 Å². The zero-order valence-electron chi connectivity index (χ0n) is 22.9. The number of carbonyl (C=O) groups excluding carboxylic acids is 3. The number of carbonyl (C=O) groups is 4. The Bertz CT molecular complexity index is 1140. The molecular formula is C26H39N9O5S. The second-order valence-corrected chi connectivity index (χ2v) is 10.3. The maximum absolute atomic E-state index is 13.4. The summed E-state index contributed by atoms with van der Waals surface area (Å²) in [5.41, 5.74) is 17.9. The molecule has 4 unspecified atom stereocenters. The van der Waals surface area contributed by atoms with Gasteiger partial charge in [-0.3, -0.25) is 19.4 Å². The maximum Gasteiger partial charge on any atom is 0.326 e. The lowest BCUT2D eigenvalue weighted by molar-refractivity contribution is -0.142. The van der Waals surface area contributed by atoms with Crippen LogP contribution in [0.3, 0.4) is 0 Å². The van der Waals surface area contributed by atoms with Crippen molar-refractivity contribution in [2.75, 3.05) is 18.6 Å². The molecule has 0 fully saturated rings. The van der Waals surface area contributed by atoms with Crippen molar-refractivity contribution in [3.63, 3.8) is 0 Å². The lowest BCUT2D eigenvalue weighted by atomic mass is 10.0. The summed E-state index contributed by atoms with van der Waals surface area (Å²) >= 11 is 1.49. The van der Waals surface area contributed by atoms with Gasteiger partial charge in [0.2, 0.25) is 17.7 Å². The number of carboxylic acids is 1. The average molecular weight is 590 g/mol. The standard InChI is InChI=1S/C26H39N9O5S/c1-41-11-9-19(33-22(36)18(27)8-5-10-31-26(28)29)23(37)34-20(13-17-14-30-15-32-17)24(38)35-21(25(39)40)12-16-6-3-2-4-7-16/h2-4,6-7,14-15,18-21H,5,8-13,27H2,1H3,(H,30,32)(H,33,36)(H,34,37)(H,35,38)(H,39,40)(H4,28,29,31). The first-order valence-electron chi connectivity index (χ1n) is 13.1. The molecule has 14 nitrogen and oxygen atoms in total. The van der Waals surface area contributed by atoms with Gasteiger partial charge in [0.1, 0.15) is 18.1 Å². The second kappa shape index (κ2) is 17.6. The fourth-order valence-corrected chi connectivity index (χ4v) is 4.33. The SMILES string of the molecule is CSCCC(NC(=O)C(N)CCCN=C(N)N)C(=O)NC(Cc1cnc[nH]1)C(=O)NC(Cc1ccccc1)C(=O)O. The topological polar surface area (TPSA) is 244 Å². The van der Waals surface area contributed by atoms with E-state index in [1.165, 1.54) is 24.3 Å².